The van der Waals surface area contributed by atoms with Crippen molar-refractivity contribution in [1.82, 2.24) is 0 Å². The van der Waals surface area contributed by atoms with Crippen LogP contribution in [0.25, 0.3) is 0 Å². The van der Waals surface area contributed by atoms with Crippen LogP contribution in [-0.4, -0.2) is 14.3 Å². The van der Waals surface area contributed by atoms with Gasteiger partial charge in [-0.1, -0.05) is 74.0 Å². The number of nitrogens with one attached hydrogen (secondary N) is 1. The van der Waals surface area contributed by atoms with Crippen LogP contribution in [0.1, 0.15) is 46.8 Å². The molecule has 0 heterocycles. The highest BCUT2D eigenvalue weighted by Crippen LogP contribution is 2.31. The minimum atomic E-state index is -3.87. The third kappa shape index (κ3) is 6.21. The largest absolute Gasteiger partial charge is 0.322 e. The van der Waals surface area contributed by atoms with Crippen molar-refractivity contribution in [2.45, 2.75) is 38.1 Å². The highest BCUT2D eigenvalue weighted by atomic mass is 35.5. The quantitative estimate of drug-likeness (QED) is 0.257. The van der Waals surface area contributed by atoms with Gasteiger partial charge in [-0.3, -0.25) is 9.10 Å². The maximum atomic E-state index is 13.7. The van der Waals surface area contributed by atoms with Gasteiger partial charge in [0.25, 0.3) is 15.9 Å². The lowest BCUT2D eigenvalue weighted by Gasteiger charge is -2.26. The molecule has 0 saturated heterocycles. The Morgan fingerprint density at radius 2 is 1.54 bits per heavy atom. The molecule has 0 fully saturated rings. The van der Waals surface area contributed by atoms with Crippen LogP contribution in [0.4, 0.5) is 11.4 Å². The Bertz CT molecular complexity index is 1480. The van der Waals surface area contributed by atoms with E-state index < -0.39 is 10.0 Å². The topological polar surface area (TPSA) is 66.5 Å². The second kappa shape index (κ2) is 11.2. The summed E-state index contributed by atoms with van der Waals surface area (Å²) in [5.41, 5.74) is 4.42. The SMILES string of the molecule is Cc1ccc(Cl)cc1N(Cc1ccc(C(=O)Nc2ccc(C(C)C)cc2)cc1)S(=O)(=O)c1ccccc1. The van der Waals surface area contributed by atoms with Crippen molar-refractivity contribution in [2.75, 3.05) is 9.62 Å². The fourth-order valence-corrected chi connectivity index (χ4v) is 5.65. The van der Waals surface area contributed by atoms with Gasteiger partial charge in [-0.15, -0.1) is 0 Å². The normalized spacial score (nSPS) is 11.4. The lowest BCUT2D eigenvalue weighted by atomic mass is 10.0. The van der Waals surface area contributed by atoms with Gasteiger partial charge in [-0.05, 0) is 78.1 Å². The Morgan fingerprint density at radius 1 is 0.892 bits per heavy atom. The zero-order valence-corrected chi connectivity index (χ0v) is 22.6. The summed E-state index contributed by atoms with van der Waals surface area (Å²) >= 11 is 6.24. The van der Waals surface area contributed by atoms with Crippen molar-refractivity contribution in [1.29, 1.82) is 0 Å². The van der Waals surface area contributed by atoms with Gasteiger partial charge in [0.05, 0.1) is 17.1 Å². The first-order chi connectivity index (χ1) is 17.6. The van der Waals surface area contributed by atoms with Gasteiger partial charge in [0.2, 0.25) is 0 Å². The summed E-state index contributed by atoms with van der Waals surface area (Å²) in [5, 5.41) is 3.36. The zero-order chi connectivity index (χ0) is 26.6. The molecule has 0 saturated carbocycles. The molecule has 5 nitrogen and oxygen atoms in total. The molecular weight excluding hydrogens is 504 g/mol. The molecule has 4 aromatic carbocycles. The smallest absolute Gasteiger partial charge is 0.264 e. The minimum Gasteiger partial charge on any atom is -0.322 e. The van der Waals surface area contributed by atoms with E-state index in [-0.39, 0.29) is 17.3 Å². The molecule has 1 amide bonds. The predicted octanol–water partition coefficient (Wildman–Crippen LogP) is 7.42. The molecule has 190 valence electrons. The summed E-state index contributed by atoms with van der Waals surface area (Å²) in [7, 11) is -3.87. The number of rotatable bonds is 8. The summed E-state index contributed by atoms with van der Waals surface area (Å²) < 4.78 is 28.7. The van der Waals surface area contributed by atoms with E-state index in [0.29, 0.717) is 22.2 Å². The van der Waals surface area contributed by atoms with Gasteiger partial charge in [0, 0.05) is 16.3 Å². The van der Waals surface area contributed by atoms with Crippen LogP contribution < -0.4 is 9.62 Å². The lowest BCUT2D eigenvalue weighted by molar-refractivity contribution is 0.102. The first kappa shape index (κ1) is 26.5. The second-order valence-electron chi connectivity index (χ2n) is 9.18. The molecule has 0 atom stereocenters. The van der Waals surface area contributed by atoms with Crippen LogP contribution in [0.3, 0.4) is 0 Å². The molecule has 1 N–H and O–H groups in total. The molecule has 4 aromatic rings. The molecule has 0 bridgehead atoms. The number of sulfonamides is 1. The average molecular weight is 533 g/mol. The summed E-state index contributed by atoms with van der Waals surface area (Å²) in [6.07, 6.45) is 0. The maximum absolute atomic E-state index is 13.7. The van der Waals surface area contributed by atoms with Crippen molar-refractivity contribution >= 4 is 38.9 Å². The van der Waals surface area contributed by atoms with Gasteiger partial charge in [0.15, 0.2) is 0 Å². The van der Waals surface area contributed by atoms with E-state index in [0.717, 1.165) is 16.8 Å². The number of carbonyl (C=O) groups excluding carboxylic acids is 1. The summed E-state index contributed by atoms with van der Waals surface area (Å²) in [4.78, 5) is 13.0. The monoisotopic (exact) mass is 532 g/mol. The Hall–Kier alpha value is -3.61. The fourth-order valence-electron chi connectivity index (χ4n) is 3.95. The molecule has 0 aromatic heterocycles. The zero-order valence-electron chi connectivity index (χ0n) is 21.0. The van der Waals surface area contributed by atoms with Gasteiger partial charge >= 0.3 is 0 Å². The number of amides is 1. The third-order valence-electron chi connectivity index (χ3n) is 6.15. The number of nitrogens with zero attached hydrogens (tertiary/aromatic N) is 1. The van der Waals surface area contributed by atoms with Gasteiger partial charge in [0.1, 0.15) is 0 Å². The Morgan fingerprint density at radius 3 is 2.16 bits per heavy atom. The Labute approximate surface area is 223 Å². The lowest BCUT2D eigenvalue weighted by Crippen LogP contribution is -2.31. The number of benzene rings is 4. The fraction of sp³-hybridized carbons (Fsp3) is 0.167. The van der Waals surface area contributed by atoms with Crippen LogP contribution in [-0.2, 0) is 16.6 Å². The van der Waals surface area contributed by atoms with E-state index in [1.807, 2.05) is 31.2 Å². The van der Waals surface area contributed by atoms with Crippen molar-refractivity contribution < 1.29 is 13.2 Å². The van der Waals surface area contributed by atoms with Crippen molar-refractivity contribution in [3.05, 3.63) is 124 Å². The van der Waals surface area contributed by atoms with Crippen LogP contribution in [0.2, 0.25) is 5.02 Å². The van der Waals surface area contributed by atoms with Crippen molar-refractivity contribution in [2.24, 2.45) is 0 Å². The van der Waals surface area contributed by atoms with Gasteiger partial charge in [-0.25, -0.2) is 8.42 Å². The molecule has 0 radical (unpaired) electrons. The van der Waals surface area contributed by atoms with E-state index in [9.17, 15) is 13.2 Å². The Balaban J connectivity index is 1.59. The van der Waals surface area contributed by atoms with E-state index in [2.05, 4.69) is 19.2 Å². The van der Waals surface area contributed by atoms with Crippen molar-refractivity contribution in [3.8, 4) is 0 Å². The van der Waals surface area contributed by atoms with Crippen LogP contribution in [0.5, 0.6) is 0 Å². The van der Waals surface area contributed by atoms with Gasteiger partial charge in [-0.2, -0.15) is 0 Å². The van der Waals surface area contributed by atoms with Gasteiger partial charge < -0.3 is 5.32 Å². The summed E-state index contributed by atoms with van der Waals surface area (Å²) in [6.45, 7) is 6.17. The molecule has 0 aliphatic rings. The molecule has 0 unspecified atom stereocenters. The molecule has 0 aliphatic heterocycles. The molecule has 37 heavy (non-hydrogen) atoms. The highest BCUT2D eigenvalue weighted by Gasteiger charge is 2.26. The van der Waals surface area contributed by atoms with E-state index in [1.54, 1.807) is 72.8 Å². The predicted molar refractivity (Wildman–Crippen MR) is 151 cm³/mol. The Kier molecular flexibility index (Phi) is 8.00. The van der Waals surface area contributed by atoms with Crippen LogP contribution in [0.15, 0.2) is 102 Å². The van der Waals surface area contributed by atoms with Crippen LogP contribution in [0, 0.1) is 6.92 Å². The van der Waals surface area contributed by atoms with Crippen LogP contribution >= 0.6 is 11.6 Å². The van der Waals surface area contributed by atoms with E-state index >= 15 is 0 Å². The highest BCUT2D eigenvalue weighted by molar-refractivity contribution is 7.92. The third-order valence-corrected chi connectivity index (χ3v) is 8.16. The molecule has 4 rings (SSSR count). The first-order valence-electron chi connectivity index (χ1n) is 12.0. The molecule has 7 heteroatoms. The van der Waals surface area contributed by atoms with E-state index in [4.69, 9.17) is 11.6 Å². The minimum absolute atomic E-state index is 0.0803. The standard InChI is InChI=1S/C30H29ClN2O3S/c1-21(2)24-14-17-27(18-15-24)32-30(34)25-12-10-23(11-13-25)20-33(29-19-26(31)16-9-22(29)3)37(35,36)28-7-5-4-6-8-28/h4-19,21H,20H2,1-3H3,(H,32,34). The number of anilines is 2. The van der Waals surface area contributed by atoms with Crippen molar-refractivity contribution in [3.63, 3.8) is 0 Å². The average Bonchev–Trinajstić information content (AvgIpc) is 2.90. The number of halogens is 1. The molecule has 0 aliphatic carbocycles. The summed E-state index contributed by atoms with van der Waals surface area (Å²) in [6, 6.07) is 28.2. The second-order valence-corrected chi connectivity index (χ2v) is 11.5. The maximum Gasteiger partial charge on any atom is 0.264 e. The summed E-state index contributed by atoms with van der Waals surface area (Å²) in [5.74, 6) is 0.182. The number of hydrogen-bond donors (Lipinski definition) is 1. The first-order valence-corrected chi connectivity index (χ1v) is 13.8. The van der Waals surface area contributed by atoms with E-state index in [1.165, 1.54) is 9.87 Å². The molecular formula is C30H29ClN2O3S. The number of aryl methyl sites for hydroxylation is 1. The number of carbonyl (C=O) groups is 1. The molecule has 0 spiro atoms. The number of hydrogen-bond acceptors (Lipinski definition) is 3.